The summed E-state index contributed by atoms with van der Waals surface area (Å²) in [7, 11) is 0. The molecule has 4 rings (SSSR count). The monoisotopic (exact) mass is 361 g/mol. The van der Waals surface area contributed by atoms with E-state index in [-0.39, 0.29) is 35.5 Å². The van der Waals surface area contributed by atoms with Crippen molar-refractivity contribution in [2.75, 3.05) is 4.90 Å². The van der Waals surface area contributed by atoms with Crippen molar-refractivity contribution in [3.8, 4) is 0 Å². The SMILES string of the molecule is CCC(C)=C1[C@H]2C=C[C@@H]1[C@H]1C(=O)N(c3cc(Cl)cc(Cl)c3)C(=O)[C@H]12. The molecule has 3 aliphatic rings. The Morgan fingerprint density at radius 1 is 1.00 bits per heavy atom. The van der Waals surface area contributed by atoms with Gasteiger partial charge in [0.2, 0.25) is 11.8 Å². The molecule has 0 N–H and O–H groups in total. The molecule has 1 aliphatic heterocycles. The number of imide groups is 1. The molecule has 1 aromatic carbocycles. The average molecular weight is 362 g/mol. The Balaban J connectivity index is 1.77. The molecule has 4 atom stereocenters. The van der Waals surface area contributed by atoms with Crippen molar-refractivity contribution in [1.82, 2.24) is 0 Å². The van der Waals surface area contributed by atoms with Crippen LogP contribution >= 0.6 is 23.2 Å². The van der Waals surface area contributed by atoms with Gasteiger partial charge in [-0.15, -0.1) is 0 Å². The van der Waals surface area contributed by atoms with Crippen LogP contribution in [0.5, 0.6) is 0 Å². The Bertz CT molecular complexity index is 772. The number of allylic oxidation sites excluding steroid dienone is 4. The van der Waals surface area contributed by atoms with E-state index in [2.05, 4.69) is 26.0 Å². The van der Waals surface area contributed by atoms with E-state index in [0.29, 0.717) is 15.7 Å². The largest absolute Gasteiger partial charge is 0.274 e. The second-order valence-electron chi connectivity index (χ2n) is 6.72. The first-order valence-corrected chi connectivity index (χ1v) is 8.91. The molecule has 1 heterocycles. The summed E-state index contributed by atoms with van der Waals surface area (Å²) < 4.78 is 0. The molecule has 2 bridgehead atoms. The second-order valence-corrected chi connectivity index (χ2v) is 7.59. The number of rotatable bonds is 2. The number of fused-ring (bicyclic) bond motifs is 5. The van der Waals surface area contributed by atoms with Crippen LogP contribution in [0.15, 0.2) is 41.5 Å². The van der Waals surface area contributed by atoms with Gasteiger partial charge in [-0.3, -0.25) is 9.59 Å². The lowest BCUT2D eigenvalue weighted by Gasteiger charge is -2.20. The molecular weight excluding hydrogens is 345 g/mol. The normalized spacial score (nSPS) is 32.8. The fraction of sp³-hybridized carbons (Fsp3) is 0.368. The number of nitrogens with zero attached hydrogens (tertiary/aromatic N) is 1. The van der Waals surface area contributed by atoms with Gasteiger partial charge in [0.1, 0.15) is 0 Å². The minimum Gasteiger partial charge on any atom is -0.274 e. The molecule has 2 fully saturated rings. The molecule has 0 radical (unpaired) electrons. The molecule has 2 aliphatic carbocycles. The van der Waals surface area contributed by atoms with Gasteiger partial charge >= 0.3 is 0 Å². The quantitative estimate of drug-likeness (QED) is 0.568. The molecule has 124 valence electrons. The Hall–Kier alpha value is -1.58. The predicted molar refractivity (Wildman–Crippen MR) is 95.0 cm³/mol. The first-order valence-electron chi connectivity index (χ1n) is 8.15. The van der Waals surface area contributed by atoms with Crippen LogP contribution in [0.4, 0.5) is 5.69 Å². The van der Waals surface area contributed by atoms with E-state index >= 15 is 0 Å². The molecule has 1 saturated carbocycles. The summed E-state index contributed by atoms with van der Waals surface area (Å²) in [6, 6.07) is 4.83. The standard InChI is InChI=1S/C19H17Cl2NO2/c1-3-9(2)15-13-4-5-14(15)17-16(13)18(23)22(19(17)24)12-7-10(20)6-11(21)8-12/h4-8,13-14,16-17H,3H2,1-2H3/t13-,14+,16+,17-. The third kappa shape index (κ3) is 2.04. The summed E-state index contributed by atoms with van der Waals surface area (Å²) in [5.41, 5.74) is 3.04. The summed E-state index contributed by atoms with van der Waals surface area (Å²) in [4.78, 5) is 27.3. The highest BCUT2D eigenvalue weighted by Crippen LogP contribution is 2.57. The van der Waals surface area contributed by atoms with E-state index in [1.807, 2.05) is 0 Å². The Labute approximate surface area is 150 Å². The van der Waals surface area contributed by atoms with Crippen molar-refractivity contribution >= 4 is 40.7 Å². The summed E-state index contributed by atoms with van der Waals surface area (Å²) in [5, 5.41) is 0.831. The first kappa shape index (κ1) is 15.9. The number of hydrogen-bond donors (Lipinski definition) is 0. The third-order valence-electron chi connectivity index (χ3n) is 5.54. The van der Waals surface area contributed by atoms with Crippen molar-refractivity contribution < 1.29 is 9.59 Å². The van der Waals surface area contributed by atoms with Gasteiger partial charge in [0, 0.05) is 21.9 Å². The maximum absolute atomic E-state index is 13.0. The van der Waals surface area contributed by atoms with Crippen molar-refractivity contribution in [2.45, 2.75) is 20.3 Å². The van der Waals surface area contributed by atoms with Crippen LogP contribution in [0.2, 0.25) is 10.0 Å². The fourth-order valence-corrected chi connectivity index (χ4v) is 4.97. The highest BCUT2D eigenvalue weighted by Gasteiger charge is 2.62. The molecule has 5 heteroatoms. The molecule has 3 nitrogen and oxygen atoms in total. The topological polar surface area (TPSA) is 37.4 Å². The molecule has 1 aromatic rings. The summed E-state index contributed by atoms with van der Waals surface area (Å²) in [6.07, 6.45) is 5.14. The molecular formula is C19H17Cl2NO2. The first-order chi connectivity index (χ1) is 11.4. The zero-order valence-corrected chi connectivity index (χ0v) is 14.9. The highest BCUT2D eigenvalue weighted by molar-refractivity contribution is 6.35. The number of anilines is 1. The van der Waals surface area contributed by atoms with Crippen LogP contribution in [-0.2, 0) is 9.59 Å². The number of amides is 2. The lowest BCUT2D eigenvalue weighted by molar-refractivity contribution is -0.122. The molecule has 0 aromatic heterocycles. The van der Waals surface area contributed by atoms with Gasteiger partial charge < -0.3 is 0 Å². The van der Waals surface area contributed by atoms with Gasteiger partial charge in [0.05, 0.1) is 17.5 Å². The van der Waals surface area contributed by atoms with Crippen molar-refractivity contribution in [2.24, 2.45) is 23.7 Å². The lowest BCUT2D eigenvalue weighted by atomic mass is 9.85. The summed E-state index contributed by atoms with van der Waals surface area (Å²) in [6.45, 7) is 4.21. The summed E-state index contributed by atoms with van der Waals surface area (Å²) in [5.74, 6) is -0.751. The molecule has 1 saturated heterocycles. The smallest absolute Gasteiger partial charge is 0.238 e. The van der Waals surface area contributed by atoms with Crippen molar-refractivity contribution in [1.29, 1.82) is 0 Å². The Morgan fingerprint density at radius 2 is 1.50 bits per heavy atom. The van der Waals surface area contributed by atoms with E-state index in [4.69, 9.17) is 23.2 Å². The van der Waals surface area contributed by atoms with Gasteiger partial charge in [-0.05, 0) is 31.5 Å². The lowest BCUT2D eigenvalue weighted by Crippen LogP contribution is -2.33. The van der Waals surface area contributed by atoms with Crippen LogP contribution in [0.3, 0.4) is 0 Å². The van der Waals surface area contributed by atoms with E-state index in [0.717, 1.165) is 6.42 Å². The van der Waals surface area contributed by atoms with Crippen LogP contribution < -0.4 is 4.90 Å². The number of carbonyl (C=O) groups excluding carboxylic acids is 2. The van der Waals surface area contributed by atoms with Gasteiger partial charge in [-0.2, -0.15) is 0 Å². The average Bonchev–Trinajstić information content (AvgIpc) is 3.15. The third-order valence-corrected chi connectivity index (χ3v) is 5.98. The minimum atomic E-state index is -0.290. The number of hydrogen-bond acceptors (Lipinski definition) is 2. The molecule has 2 amide bonds. The van der Waals surface area contributed by atoms with E-state index < -0.39 is 0 Å². The Kier molecular flexibility index (Phi) is 3.63. The van der Waals surface area contributed by atoms with E-state index in [1.54, 1.807) is 18.2 Å². The zero-order valence-electron chi connectivity index (χ0n) is 13.4. The van der Waals surface area contributed by atoms with Crippen molar-refractivity contribution in [3.05, 3.63) is 51.5 Å². The fourth-order valence-electron chi connectivity index (χ4n) is 4.46. The van der Waals surface area contributed by atoms with Gasteiger partial charge in [0.15, 0.2) is 0 Å². The van der Waals surface area contributed by atoms with E-state index in [1.165, 1.54) is 16.0 Å². The second kappa shape index (κ2) is 5.47. The minimum absolute atomic E-state index is 0.0519. The molecule has 24 heavy (non-hydrogen) atoms. The van der Waals surface area contributed by atoms with Gasteiger partial charge in [0.25, 0.3) is 0 Å². The van der Waals surface area contributed by atoms with Crippen LogP contribution in [0.1, 0.15) is 20.3 Å². The maximum atomic E-state index is 13.0. The van der Waals surface area contributed by atoms with Crippen LogP contribution in [0, 0.1) is 23.7 Å². The highest BCUT2D eigenvalue weighted by atomic mass is 35.5. The Morgan fingerprint density at radius 3 is 1.96 bits per heavy atom. The summed E-state index contributed by atoms with van der Waals surface area (Å²) >= 11 is 12.1. The predicted octanol–water partition coefficient (Wildman–Crippen LogP) is 4.64. The van der Waals surface area contributed by atoms with Crippen LogP contribution in [-0.4, -0.2) is 11.8 Å². The van der Waals surface area contributed by atoms with Crippen molar-refractivity contribution in [3.63, 3.8) is 0 Å². The van der Waals surface area contributed by atoms with E-state index in [9.17, 15) is 9.59 Å². The molecule has 0 spiro atoms. The zero-order chi connectivity index (χ0) is 17.2. The number of carbonyl (C=O) groups is 2. The number of halogens is 2. The molecule has 0 unspecified atom stereocenters. The van der Waals surface area contributed by atoms with Gasteiger partial charge in [-0.1, -0.05) is 53.4 Å². The maximum Gasteiger partial charge on any atom is 0.238 e. The van der Waals surface area contributed by atoms with Gasteiger partial charge in [-0.25, -0.2) is 4.90 Å². The number of benzene rings is 1. The van der Waals surface area contributed by atoms with Crippen LogP contribution in [0.25, 0.3) is 0 Å².